The summed E-state index contributed by atoms with van der Waals surface area (Å²) in [6, 6.07) is 15.5. The summed E-state index contributed by atoms with van der Waals surface area (Å²) in [6.07, 6.45) is 1.10. The van der Waals surface area contributed by atoms with Crippen molar-refractivity contribution in [2.75, 3.05) is 5.32 Å². The number of rotatable bonds is 1. The van der Waals surface area contributed by atoms with Crippen molar-refractivity contribution in [2.24, 2.45) is 5.41 Å². The molecule has 4 heteroatoms. The van der Waals surface area contributed by atoms with Gasteiger partial charge in [0, 0.05) is 28.8 Å². The van der Waals surface area contributed by atoms with E-state index in [2.05, 4.69) is 25.2 Å². The van der Waals surface area contributed by atoms with Gasteiger partial charge in [0.15, 0.2) is 17.4 Å². The lowest BCUT2D eigenvalue weighted by molar-refractivity contribution is -0.118. The van der Waals surface area contributed by atoms with Gasteiger partial charge in [-0.05, 0) is 40.3 Å². The number of fused-ring (bicyclic) bond motifs is 4. The lowest BCUT2D eigenvalue weighted by Gasteiger charge is -2.40. The Morgan fingerprint density at radius 2 is 1.76 bits per heavy atom. The standard InChI is InChI=1S/C25H21F2NO/c1-25(2)12-17-21-15-7-4-3-6-14(15)10-11-19(21)28-24(22(17)20(29)13-25)16-8-5-9-18(26)23(16)27/h3-11,24,28H,12-13H2,1-2H3/t24-/m1/s1. The van der Waals surface area contributed by atoms with Gasteiger partial charge < -0.3 is 5.32 Å². The summed E-state index contributed by atoms with van der Waals surface area (Å²) in [5, 5.41) is 5.50. The number of hydrogen-bond acceptors (Lipinski definition) is 2. The molecule has 2 nitrogen and oxygen atoms in total. The van der Waals surface area contributed by atoms with Crippen LogP contribution in [-0.2, 0) is 4.79 Å². The van der Waals surface area contributed by atoms with E-state index >= 15 is 0 Å². The van der Waals surface area contributed by atoms with Crippen molar-refractivity contribution < 1.29 is 13.6 Å². The first-order valence-corrected chi connectivity index (χ1v) is 9.84. The third-order valence-corrected chi connectivity index (χ3v) is 6.03. The van der Waals surface area contributed by atoms with Gasteiger partial charge in [-0.2, -0.15) is 0 Å². The van der Waals surface area contributed by atoms with Gasteiger partial charge in [0.05, 0.1) is 6.04 Å². The monoisotopic (exact) mass is 389 g/mol. The molecule has 3 aromatic rings. The van der Waals surface area contributed by atoms with Crippen molar-refractivity contribution in [1.82, 2.24) is 0 Å². The van der Waals surface area contributed by atoms with Crippen LogP contribution in [0.4, 0.5) is 14.5 Å². The molecule has 0 unspecified atom stereocenters. The first-order valence-electron chi connectivity index (χ1n) is 9.84. The molecule has 29 heavy (non-hydrogen) atoms. The van der Waals surface area contributed by atoms with Crippen molar-refractivity contribution in [1.29, 1.82) is 0 Å². The number of Topliss-reactive ketones (excluding diaryl/α,β-unsaturated/α-hetero) is 1. The van der Waals surface area contributed by atoms with Crippen molar-refractivity contribution in [3.05, 3.63) is 82.9 Å². The summed E-state index contributed by atoms with van der Waals surface area (Å²) in [4.78, 5) is 13.3. The van der Waals surface area contributed by atoms with Crippen LogP contribution in [-0.4, -0.2) is 5.78 Å². The molecule has 0 saturated heterocycles. The first kappa shape index (κ1) is 18.0. The van der Waals surface area contributed by atoms with Crippen molar-refractivity contribution >= 4 is 27.8 Å². The smallest absolute Gasteiger partial charge is 0.164 e. The molecule has 1 heterocycles. The summed E-state index contributed by atoms with van der Waals surface area (Å²) in [7, 11) is 0. The molecule has 0 amide bonds. The molecule has 1 aliphatic heterocycles. The second kappa shape index (κ2) is 6.24. The number of benzene rings is 3. The van der Waals surface area contributed by atoms with Crippen molar-refractivity contribution in [3.8, 4) is 0 Å². The Labute approximate surface area is 168 Å². The molecule has 1 atom stereocenters. The molecule has 5 rings (SSSR count). The van der Waals surface area contributed by atoms with Gasteiger partial charge in [-0.15, -0.1) is 0 Å². The second-order valence-electron chi connectivity index (χ2n) is 8.76. The van der Waals surface area contributed by atoms with Crippen LogP contribution in [0.2, 0.25) is 0 Å². The fourth-order valence-electron chi connectivity index (χ4n) is 4.81. The molecule has 0 fully saturated rings. The summed E-state index contributed by atoms with van der Waals surface area (Å²) < 4.78 is 28.7. The van der Waals surface area contributed by atoms with Crippen molar-refractivity contribution in [2.45, 2.75) is 32.7 Å². The molecule has 3 aromatic carbocycles. The number of nitrogens with one attached hydrogen (secondary N) is 1. The Morgan fingerprint density at radius 3 is 2.59 bits per heavy atom. The molecule has 0 bridgehead atoms. The Morgan fingerprint density at radius 1 is 0.966 bits per heavy atom. The number of anilines is 1. The van der Waals surface area contributed by atoms with Gasteiger partial charge >= 0.3 is 0 Å². The summed E-state index contributed by atoms with van der Waals surface area (Å²) >= 11 is 0. The Hall–Kier alpha value is -3.01. The minimum Gasteiger partial charge on any atom is -0.373 e. The molecule has 146 valence electrons. The van der Waals surface area contributed by atoms with Crippen LogP contribution in [0.3, 0.4) is 0 Å². The average Bonchev–Trinajstić information content (AvgIpc) is 2.68. The van der Waals surface area contributed by atoms with E-state index in [1.165, 1.54) is 6.07 Å². The molecule has 1 N–H and O–H groups in total. The van der Waals surface area contributed by atoms with Gasteiger partial charge in [-0.1, -0.05) is 56.3 Å². The number of carbonyl (C=O) groups is 1. The molecular formula is C25H21F2NO. The lowest BCUT2D eigenvalue weighted by Crippen LogP contribution is -2.33. The Bertz CT molecular complexity index is 1210. The van der Waals surface area contributed by atoms with Gasteiger partial charge in [0.1, 0.15) is 0 Å². The molecule has 0 spiro atoms. The molecule has 0 radical (unpaired) electrons. The third-order valence-electron chi connectivity index (χ3n) is 6.03. The van der Waals surface area contributed by atoms with Crippen LogP contribution < -0.4 is 5.32 Å². The minimum absolute atomic E-state index is 0.00371. The predicted octanol–water partition coefficient (Wildman–Crippen LogP) is 6.43. The van der Waals surface area contributed by atoms with Gasteiger partial charge in [-0.25, -0.2) is 8.78 Å². The van der Waals surface area contributed by atoms with E-state index in [4.69, 9.17) is 0 Å². The van der Waals surface area contributed by atoms with E-state index in [1.807, 2.05) is 30.3 Å². The predicted molar refractivity (Wildman–Crippen MR) is 112 cm³/mol. The van der Waals surface area contributed by atoms with E-state index in [-0.39, 0.29) is 16.8 Å². The maximum Gasteiger partial charge on any atom is 0.164 e. The molecule has 0 saturated carbocycles. The maximum absolute atomic E-state index is 14.7. The second-order valence-corrected chi connectivity index (χ2v) is 8.76. The summed E-state index contributed by atoms with van der Waals surface area (Å²) in [5.74, 6) is -1.81. The third kappa shape index (κ3) is 2.78. The van der Waals surface area contributed by atoms with Crippen LogP contribution in [0, 0.1) is 17.0 Å². The first-order chi connectivity index (χ1) is 13.9. The van der Waals surface area contributed by atoms with Crippen LogP contribution in [0.5, 0.6) is 0 Å². The van der Waals surface area contributed by atoms with Crippen LogP contribution in [0.15, 0.2) is 60.2 Å². The number of carbonyl (C=O) groups excluding carboxylic acids is 1. The Balaban J connectivity index is 1.83. The number of allylic oxidation sites excluding steroid dienone is 1. The van der Waals surface area contributed by atoms with E-state index in [0.717, 1.165) is 33.7 Å². The van der Waals surface area contributed by atoms with E-state index < -0.39 is 17.7 Å². The molecule has 0 aromatic heterocycles. The highest BCUT2D eigenvalue weighted by Crippen LogP contribution is 2.52. The number of halogens is 2. The molecule has 2 aliphatic rings. The fraction of sp³-hybridized carbons (Fsp3) is 0.240. The van der Waals surface area contributed by atoms with E-state index in [0.29, 0.717) is 18.4 Å². The number of hydrogen-bond donors (Lipinski definition) is 1. The van der Waals surface area contributed by atoms with Crippen LogP contribution in [0.25, 0.3) is 16.3 Å². The lowest BCUT2D eigenvalue weighted by atomic mass is 9.68. The maximum atomic E-state index is 14.7. The summed E-state index contributed by atoms with van der Waals surface area (Å²) in [6.45, 7) is 4.17. The van der Waals surface area contributed by atoms with Gasteiger partial charge in [0.25, 0.3) is 0 Å². The largest absolute Gasteiger partial charge is 0.373 e. The zero-order valence-electron chi connectivity index (χ0n) is 16.4. The highest BCUT2D eigenvalue weighted by Gasteiger charge is 2.41. The van der Waals surface area contributed by atoms with Crippen LogP contribution in [0.1, 0.15) is 43.9 Å². The molecular weight excluding hydrogens is 368 g/mol. The minimum atomic E-state index is -0.904. The highest BCUT2D eigenvalue weighted by molar-refractivity contribution is 6.12. The Kier molecular flexibility index (Phi) is 3.89. The van der Waals surface area contributed by atoms with E-state index in [9.17, 15) is 13.6 Å². The fourth-order valence-corrected chi connectivity index (χ4v) is 4.81. The number of ketones is 1. The van der Waals surface area contributed by atoms with Crippen molar-refractivity contribution in [3.63, 3.8) is 0 Å². The van der Waals surface area contributed by atoms with Gasteiger partial charge in [-0.3, -0.25) is 4.79 Å². The zero-order chi connectivity index (χ0) is 20.3. The average molecular weight is 389 g/mol. The topological polar surface area (TPSA) is 29.1 Å². The summed E-state index contributed by atoms with van der Waals surface area (Å²) in [5.41, 5.74) is 3.35. The zero-order valence-corrected chi connectivity index (χ0v) is 16.4. The SMILES string of the molecule is CC1(C)CC(=O)C2=C(C1)c1c(ccc3ccccc13)N[C@@H]2c1cccc(F)c1F. The normalized spacial score (nSPS) is 20.3. The van der Waals surface area contributed by atoms with E-state index in [1.54, 1.807) is 6.07 Å². The van der Waals surface area contributed by atoms with Gasteiger partial charge in [0.2, 0.25) is 0 Å². The van der Waals surface area contributed by atoms with Crippen LogP contribution >= 0.6 is 0 Å². The quantitative estimate of drug-likeness (QED) is 0.520. The molecule has 1 aliphatic carbocycles. The highest BCUT2D eigenvalue weighted by atomic mass is 19.2.